The molecule has 5 nitrogen and oxygen atoms in total. The van der Waals surface area contributed by atoms with E-state index in [1.54, 1.807) is 6.92 Å². The van der Waals surface area contributed by atoms with E-state index in [0.29, 0.717) is 18.2 Å². The highest BCUT2D eigenvalue weighted by atomic mass is 35.5. The van der Waals surface area contributed by atoms with Crippen molar-refractivity contribution >= 4 is 24.7 Å². The Labute approximate surface area is 173 Å². The maximum atomic E-state index is 11.4. The third-order valence-corrected chi connectivity index (χ3v) is 6.27. The second kappa shape index (κ2) is 11.8. The van der Waals surface area contributed by atoms with Crippen molar-refractivity contribution in [1.29, 1.82) is 0 Å². The Morgan fingerprint density at radius 1 is 1.11 bits per heavy atom. The van der Waals surface area contributed by atoms with Crippen molar-refractivity contribution in [2.75, 3.05) is 19.6 Å². The minimum absolute atomic E-state index is 0.127. The fraction of sp³-hybridized carbons (Fsp3) is 0.667. The zero-order chi connectivity index (χ0) is 20.5. The summed E-state index contributed by atoms with van der Waals surface area (Å²) in [4.78, 5) is 13.9. The second-order valence-electron chi connectivity index (χ2n) is 8.00. The molecule has 3 N–H and O–H groups in total. The Bertz CT molecular complexity index is 591. The molecule has 7 heteroatoms. The van der Waals surface area contributed by atoms with Crippen LogP contribution in [0.15, 0.2) is 24.3 Å². The van der Waals surface area contributed by atoms with Crippen molar-refractivity contribution in [1.82, 2.24) is 4.90 Å². The van der Waals surface area contributed by atoms with Gasteiger partial charge in [-0.15, -0.1) is 0 Å². The van der Waals surface area contributed by atoms with Crippen molar-refractivity contribution in [3.8, 4) is 0 Å². The summed E-state index contributed by atoms with van der Waals surface area (Å²) < 4.78 is 0. The lowest BCUT2D eigenvalue weighted by Crippen LogP contribution is -2.41. The summed E-state index contributed by atoms with van der Waals surface area (Å²) in [6.45, 7) is 4.82. The number of carboxylic acids is 1. The fourth-order valence-corrected chi connectivity index (χ4v) is 4.39. The summed E-state index contributed by atoms with van der Waals surface area (Å²) in [7, 11) is -1.12. The van der Waals surface area contributed by atoms with E-state index in [9.17, 15) is 9.90 Å². The lowest BCUT2D eigenvalue weighted by atomic mass is 9.78. The van der Waals surface area contributed by atoms with Crippen LogP contribution in [-0.2, 0) is 4.79 Å². The van der Waals surface area contributed by atoms with E-state index in [2.05, 4.69) is 17.0 Å². The van der Waals surface area contributed by atoms with E-state index >= 15 is 0 Å². The third-order valence-electron chi connectivity index (χ3n) is 6.01. The van der Waals surface area contributed by atoms with Crippen molar-refractivity contribution < 1.29 is 19.9 Å². The van der Waals surface area contributed by atoms with Crippen LogP contribution in [0.5, 0.6) is 0 Å². The van der Waals surface area contributed by atoms with E-state index in [1.807, 2.05) is 12.1 Å². The van der Waals surface area contributed by atoms with Gasteiger partial charge in [0.1, 0.15) is 0 Å². The van der Waals surface area contributed by atoms with Crippen LogP contribution in [0, 0.1) is 11.8 Å². The number of hydrogen-bond donors (Lipinski definition) is 3. The Balaban J connectivity index is 0.000000500. The quantitative estimate of drug-likeness (QED) is 0.643. The molecule has 2 fully saturated rings. The zero-order valence-electron chi connectivity index (χ0n) is 16.8. The van der Waals surface area contributed by atoms with E-state index in [0.717, 1.165) is 56.8 Å². The fourth-order valence-electron chi connectivity index (χ4n) is 4.27. The number of benzene rings is 1. The predicted octanol–water partition coefficient (Wildman–Crippen LogP) is 3.89. The second-order valence-corrected chi connectivity index (χ2v) is 8.44. The summed E-state index contributed by atoms with van der Waals surface area (Å²) in [6.07, 6.45) is 6.94. The van der Waals surface area contributed by atoms with Crippen LogP contribution in [-0.4, -0.2) is 52.8 Å². The van der Waals surface area contributed by atoms with Gasteiger partial charge in [-0.2, -0.15) is 0 Å². The van der Waals surface area contributed by atoms with Gasteiger partial charge < -0.3 is 20.1 Å². The summed E-state index contributed by atoms with van der Waals surface area (Å²) in [5.41, 5.74) is 1.38. The van der Waals surface area contributed by atoms with E-state index < -0.39 is 13.1 Å². The van der Waals surface area contributed by atoms with Gasteiger partial charge in [-0.25, -0.2) is 0 Å². The molecule has 0 unspecified atom stereocenters. The molecule has 1 aliphatic heterocycles. The van der Waals surface area contributed by atoms with Gasteiger partial charge in [0, 0.05) is 11.6 Å². The highest BCUT2D eigenvalue weighted by molar-refractivity contribution is 6.40. The standard InChI is InChI=1S/C19H26ClNO2.C2H7BO2/c20-17-7-5-14(6-8-17)15-9-11-21(12-10-15)13-16-3-1-2-4-18(16)19(22)23;1-2-3(4)5/h5-8,15-16,18H,1-4,9-13H2,(H,22,23);4-5H,2H2,1H3/t16-,18-;/m0./s1. The average molecular weight is 410 g/mol. The average Bonchev–Trinajstić information content (AvgIpc) is 2.70. The molecule has 28 heavy (non-hydrogen) atoms. The van der Waals surface area contributed by atoms with Gasteiger partial charge in [0.05, 0.1) is 5.92 Å². The maximum Gasteiger partial charge on any atom is 0.451 e. The molecule has 3 rings (SSSR count). The summed E-state index contributed by atoms with van der Waals surface area (Å²) in [5.74, 6) is 0.238. The minimum Gasteiger partial charge on any atom is -0.481 e. The Kier molecular flexibility index (Phi) is 9.79. The Morgan fingerprint density at radius 2 is 1.68 bits per heavy atom. The van der Waals surface area contributed by atoms with Gasteiger partial charge in [-0.1, -0.05) is 43.5 Å². The van der Waals surface area contributed by atoms with Crippen molar-refractivity contribution in [2.24, 2.45) is 11.8 Å². The molecule has 0 aromatic heterocycles. The largest absolute Gasteiger partial charge is 0.481 e. The van der Waals surface area contributed by atoms with E-state index in [4.69, 9.17) is 21.6 Å². The molecule has 0 spiro atoms. The van der Waals surface area contributed by atoms with Gasteiger partial charge in [-0.3, -0.25) is 4.79 Å². The molecule has 1 heterocycles. The Hall–Kier alpha value is -1.08. The number of hydrogen-bond acceptors (Lipinski definition) is 4. The number of halogens is 1. The summed E-state index contributed by atoms with van der Waals surface area (Å²) >= 11 is 5.97. The number of carbonyl (C=O) groups is 1. The van der Waals surface area contributed by atoms with Crippen LogP contribution >= 0.6 is 11.6 Å². The molecule has 2 atom stereocenters. The smallest absolute Gasteiger partial charge is 0.451 e. The first-order valence-corrected chi connectivity index (χ1v) is 10.8. The number of rotatable bonds is 5. The molecule has 1 aromatic carbocycles. The zero-order valence-corrected chi connectivity index (χ0v) is 17.5. The van der Waals surface area contributed by atoms with Crippen molar-refractivity contribution in [3.63, 3.8) is 0 Å². The Morgan fingerprint density at radius 3 is 2.21 bits per heavy atom. The van der Waals surface area contributed by atoms with E-state index in [1.165, 1.54) is 12.0 Å². The number of aliphatic carboxylic acids is 1. The van der Waals surface area contributed by atoms with Crippen LogP contribution in [0.3, 0.4) is 0 Å². The molecule has 0 bridgehead atoms. The summed E-state index contributed by atoms with van der Waals surface area (Å²) in [5, 5.41) is 26.0. The van der Waals surface area contributed by atoms with Crippen LogP contribution in [0.25, 0.3) is 0 Å². The molecule has 0 amide bonds. The highest BCUT2D eigenvalue weighted by Crippen LogP contribution is 2.33. The molecule has 0 radical (unpaired) electrons. The van der Waals surface area contributed by atoms with Gasteiger partial charge in [0.2, 0.25) is 0 Å². The first kappa shape index (κ1) is 23.2. The number of likely N-dealkylation sites (tertiary alicyclic amines) is 1. The van der Waals surface area contributed by atoms with Gasteiger partial charge >= 0.3 is 13.1 Å². The highest BCUT2D eigenvalue weighted by Gasteiger charge is 2.32. The molecular weight excluding hydrogens is 376 g/mol. The van der Waals surface area contributed by atoms with Gasteiger partial charge in [0.15, 0.2) is 0 Å². The van der Waals surface area contributed by atoms with Crippen molar-refractivity contribution in [3.05, 3.63) is 34.9 Å². The lowest BCUT2D eigenvalue weighted by Gasteiger charge is -2.37. The third kappa shape index (κ3) is 7.39. The van der Waals surface area contributed by atoms with E-state index in [-0.39, 0.29) is 5.92 Å². The normalized spacial score (nSPS) is 23.6. The number of piperidine rings is 1. The van der Waals surface area contributed by atoms with Crippen molar-refractivity contribution in [2.45, 2.75) is 57.7 Å². The summed E-state index contributed by atoms with van der Waals surface area (Å²) in [6, 6.07) is 8.24. The molecule has 1 aromatic rings. The van der Waals surface area contributed by atoms with Crippen LogP contribution in [0.1, 0.15) is 56.9 Å². The monoisotopic (exact) mass is 409 g/mol. The van der Waals surface area contributed by atoms with Crippen LogP contribution < -0.4 is 0 Å². The van der Waals surface area contributed by atoms with Crippen LogP contribution in [0.4, 0.5) is 0 Å². The van der Waals surface area contributed by atoms with Gasteiger partial charge in [0.25, 0.3) is 0 Å². The lowest BCUT2D eigenvalue weighted by molar-refractivity contribution is -0.145. The molecule has 2 aliphatic rings. The maximum absolute atomic E-state index is 11.4. The van der Waals surface area contributed by atoms with Gasteiger partial charge in [-0.05, 0) is 74.6 Å². The molecule has 1 saturated heterocycles. The van der Waals surface area contributed by atoms with Crippen LogP contribution in [0.2, 0.25) is 11.3 Å². The first-order chi connectivity index (χ1) is 13.4. The number of carboxylic acid groups (broad SMARTS) is 1. The topological polar surface area (TPSA) is 81.0 Å². The minimum atomic E-state index is -1.12. The SMILES string of the molecule is CCB(O)O.O=C(O)[C@H]1CCCC[C@H]1CN1CCC(c2ccc(Cl)cc2)CC1. The number of nitrogens with zero attached hydrogens (tertiary/aromatic N) is 1. The molecule has 156 valence electrons. The predicted molar refractivity (Wildman–Crippen MR) is 114 cm³/mol. The molecule has 1 saturated carbocycles. The molecular formula is C21H33BClNO4. The molecule has 1 aliphatic carbocycles. The first-order valence-electron chi connectivity index (χ1n) is 10.5.